The van der Waals surface area contributed by atoms with Gasteiger partial charge < -0.3 is 9.30 Å². The molecule has 0 spiro atoms. The lowest BCUT2D eigenvalue weighted by molar-refractivity contribution is 0.414. The van der Waals surface area contributed by atoms with Crippen LogP contribution in [0.3, 0.4) is 0 Å². The Hall–Kier alpha value is -2.02. The van der Waals surface area contributed by atoms with E-state index in [1.807, 2.05) is 84.9 Å². The molecule has 24 heavy (non-hydrogen) atoms. The van der Waals surface area contributed by atoms with Gasteiger partial charge in [-0.1, -0.05) is 72.8 Å². The van der Waals surface area contributed by atoms with Crippen molar-refractivity contribution in [2.24, 2.45) is 0 Å². The minimum atomic E-state index is -3.04. The van der Waals surface area contributed by atoms with E-state index < -0.39 is 12.3 Å². The van der Waals surface area contributed by atoms with E-state index in [4.69, 9.17) is 16.3 Å². The predicted molar refractivity (Wildman–Crippen MR) is 101 cm³/mol. The van der Waals surface area contributed by atoms with Crippen LogP contribution in [0.5, 0.6) is 5.75 Å². The van der Waals surface area contributed by atoms with Crippen molar-refractivity contribution >= 4 is 29.4 Å². The van der Waals surface area contributed by atoms with Gasteiger partial charge in [0.1, 0.15) is 10.9 Å². The Labute approximate surface area is 147 Å². The second kappa shape index (κ2) is 7.25. The predicted octanol–water partition coefficient (Wildman–Crippen LogP) is 4.95. The number of hydrogen-bond acceptors (Lipinski definition) is 2. The zero-order valence-corrected chi connectivity index (χ0v) is 15.0. The highest BCUT2D eigenvalue weighted by atomic mass is 35.5. The summed E-state index contributed by atoms with van der Waals surface area (Å²) >= 11 is 6.77. The first-order valence-corrected chi connectivity index (χ1v) is 9.86. The SMILES string of the molecule is COc1ccc(C(Cl)P(=O)(c2ccccc2)c2ccccc2)cc1. The van der Waals surface area contributed by atoms with Crippen LogP contribution in [-0.2, 0) is 4.57 Å². The van der Waals surface area contributed by atoms with Crippen LogP contribution in [0.25, 0.3) is 0 Å². The Morgan fingerprint density at radius 2 is 1.25 bits per heavy atom. The molecule has 1 atom stereocenters. The molecular formula is C20H18ClO2P. The smallest absolute Gasteiger partial charge is 0.164 e. The summed E-state index contributed by atoms with van der Waals surface area (Å²) in [4.78, 5) is 0. The molecule has 0 fully saturated rings. The molecule has 0 bridgehead atoms. The molecule has 122 valence electrons. The Bertz CT molecular complexity index is 789. The van der Waals surface area contributed by atoms with Crippen molar-refractivity contribution in [3.63, 3.8) is 0 Å². The number of hydrogen-bond donors (Lipinski definition) is 0. The molecule has 0 saturated carbocycles. The van der Waals surface area contributed by atoms with Crippen molar-refractivity contribution in [1.82, 2.24) is 0 Å². The third-order valence-corrected chi connectivity index (χ3v) is 8.13. The molecule has 2 nitrogen and oxygen atoms in total. The van der Waals surface area contributed by atoms with Gasteiger partial charge in [0, 0.05) is 10.6 Å². The topological polar surface area (TPSA) is 26.3 Å². The number of halogens is 1. The minimum absolute atomic E-state index is 0.645. The van der Waals surface area contributed by atoms with Gasteiger partial charge in [0.2, 0.25) is 0 Å². The van der Waals surface area contributed by atoms with Crippen molar-refractivity contribution in [2.45, 2.75) is 5.12 Å². The van der Waals surface area contributed by atoms with Crippen molar-refractivity contribution in [3.8, 4) is 5.75 Å². The number of alkyl halides is 1. The first-order valence-electron chi connectivity index (χ1n) is 7.65. The Kier molecular flexibility index (Phi) is 5.08. The average Bonchev–Trinajstić information content (AvgIpc) is 2.68. The van der Waals surface area contributed by atoms with Crippen molar-refractivity contribution in [2.75, 3.05) is 7.11 Å². The molecule has 0 N–H and O–H groups in total. The van der Waals surface area contributed by atoms with E-state index in [2.05, 4.69) is 0 Å². The first-order chi connectivity index (χ1) is 11.7. The van der Waals surface area contributed by atoms with Gasteiger partial charge in [-0.2, -0.15) is 0 Å². The Morgan fingerprint density at radius 3 is 1.67 bits per heavy atom. The van der Waals surface area contributed by atoms with Crippen molar-refractivity contribution in [3.05, 3.63) is 90.5 Å². The van der Waals surface area contributed by atoms with E-state index in [0.29, 0.717) is 0 Å². The van der Waals surface area contributed by atoms with E-state index >= 15 is 0 Å². The summed E-state index contributed by atoms with van der Waals surface area (Å²) in [5.41, 5.74) is 0.813. The van der Waals surface area contributed by atoms with Crippen LogP contribution in [0.4, 0.5) is 0 Å². The largest absolute Gasteiger partial charge is 0.497 e. The van der Waals surface area contributed by atoms with Gasteiger partial charge in [0.25, 0.3) is 0 Å². The average molecular weight is 357 g/mol. The van der Waals surface area contributed by atoms with Gasteiger partial charge in [-0.15, -0.1) is 11.6 Å². The van der Waals surface area contributed by atoms with Crippen LogP contribution in [0.15, 0.2) is 84.9 Å². The third kappa shape index (κ3) is 3.13. The zero-order valence-electron chi connectivity index (χ0n) is 13.3. The second-order valence-electron chi connectivity index (χ2n) is 5.44. The summed E-state index contributed by atoms with van der Waals surface area (Å²) in [5.74, 6) is 0.747. The van der Waals surface area contributed by atoms with Crippen molar-refractivity contribution < 1.29 is 9.30 Å². The molecular weight excluding hydrogens is 339 g/mol. The maximum absolute atomic E-state index is 14.1. The fourth-order valence-corrected chi connectivity index (χ4v) is 6.15. The summed E-state index contributed by atoms with van der Waals surface area (Å²) in [6.45, 7) is 0. The molecule has 3 rings (SSSR count). The van der Waals surface area contributed by atoms with Crippen LogP contribution in [0.2, 0.25) is 0 Å². The molecule has 0 saturated heterocycles. The van der Waals surface area contributed by atoms with Crippen LogP contribution < -0.4 is 15.3 Å². The summed E-state index contributed by atoms with van der Waals surface area (Å²) in [6, 6.07) is 26.3. The second-order valence-corrected chi connectivity index (χ2v) is 9.04. The van der Waals surface area contributed by atoms with Crippen LogP contribution in [-0.4, -0.2) is 7.11 Å². The van der Waals surface area contributed by atoms with E-state index in [1.54, 1.807) is 7.11 Å². The molecule has 3 aromatic rings. The molecule has 0 radical (unpaired) electrons. The number of ether oxygens (including phenoxy) is 1. The minimum Gasteiger partial charge on any atom is -0.497 e. The van der Waals surface area contributed by atoms with Crippen LogP contribution >= 0.6 is 18.7 Å². The van der Waals surface area contributed by atoms with Gasteiger partial charge in [0.15, 0.2) is 7.14 Å². The zero-order chi connectivity index (χ0) is 17.0. The van der Waals surface area contributed by atoms with Crippen LogP contribution in [0.1, 0.15) is 10.7 Å². The summed E-state index contributed by atoms with van der Waals surface area (Å²) in [6.07, 6.45) is 0. The highest BCUT2D eigenvalue weighted by Gasteiger charge is 2.36. The number of benzene rings is 3. The third-order valence-electron chi connectivity index (χ3n) is 3.99. The molecule has 0 aliphatic heterocycles. The molecule has 0 aliphatic carbocycles. The maximum atomic E-state index is 14.1. The Morgan fingerprint density at radius 1 is 0.792 bits per heavy atom. The van der Waals surface area contributed by atoms with Gasteiger partial charge in [0.05, 0.1) is 7.11 Å². The fourth-order valence-electron chi connectivity index (χ4n) is 2.68. The van der Waals surface area contributed by atoms with Gasteiger partial charge in [-0.05, 0) is 17.7 Å². The Balaban J connectivity index is 2.12. The van der Waals surface area contributed by atoms with E-state index in [-0.39, 0.29) is 0 Å². The van der Waals surface area contributed by atoms with Gasteiger partial charge in [-0.3, -0.25) is 0 Å². The van der Waals surface area contributed by atoms with Crippen molar-refractivity contribution in [1.29, 1.82) is 0 Å². The summed E-state index contributed by atoms with van der Waals surface area (Å²) < 4.78 is 19.3. The molecule has 0 aliphatic rings. The molecule has 3 aromatic carbocycles. The monoisotopic (exact) mass is 356 g/mol. The highest BCUT2D eigenvalue weighted by Crippen LogP contribution is 2.59. The molecule has 1 unspecified atom stereocenters. The van der Waals surface area contributed by atoms with Gasteiger partial charge >= 0.3 is 0 Å². The standard InChI is InChI=1S/C20H18ClO2P/c1-23-17-14-12-16(13-15-17)20(21)24(22,18-8-4-2-5-9-18)19-10-6-3-7-11-19/h2-15,20H,1H3. The number of methoxy groups -OCH3 is 1. The summed E-state index contributed by atoms with van der Waals surface area (Å²) in [5, 5.41) is 0.868. The molecule has 4 heteroatoms. The number of rotatable bonds is 5. The van der Waals surface area contributed by atoms with E-state index in [9.17, 15) is 4.57 Å². The molecule has 0 amide bonds. The maximum Gasteiger partial charge on any atom is 0.164 e. The van der Waals surface area contributed by atoms with E-state index in [0.717, 1.165) is 21.9 Å². The lowest BCUT2D eigenvalue weighted by atomic mass is 10.2. The van der Waals surface area contributed by atoms with Crippen LogP contribution in [0, 0.1) is 0 Å². The first kappa shape index (κ1) is 16.8. The lowest BCUT2D eigenvalue weighted by Gasteiger charge is -2.24. The fraction of sp³-hybridized carbons (Fsp3) is 0.100. The van der Waals surface area contributed by atoms with Gasteiger partial charge in [-0.25, -0.2) is 0 Å². The summed E-state index contributed by atoms with van der Waals surface area (Å²) in [7, 11) is -1.42. The molecule has 0 aromatic heterocycles. The highest BCUT2D eigenvalue weighted by molar-refractivity contribution is 7.80. The normalized spacial score (nSPS) is 12.6. The lowest BCUT2D eigenvalue weighted by Crippen LogP contribution is -2.19. The van der Waals surface area contributed by atoms with E-state index in [1.165, 1.54) is 0 Å². The quantitative estimate of drug-likeness (QED) is 0.478. The molecule has 0 heterocycles.